The van der Waals surface area contributed by atoms with E-state index in [2.05, 4.69) is 15.2 Å². The van der Waals surface area contributed by atoms with Gasteiger partial charge in [0.2, 0.25) is 0 Å². The highest BCUT2D eigenvalue weighted by Crippen LogP contribution is 2.16. The lowest BCUT2D eigenvalue weighted by Gasteiger charge is -2.36. The number of pyridine rings is 1. The predicted octanol–water partition coefficient (Wildman–Crippen LogP) is 1.99. The SMILES string of the molecule is CC[C@@H](COC)NC(=O)N1CCN(c2ccc(Cl)cn2)CC1. The molecule has 6 nitrogen and oxygen atoms in total. The van der Waals surface area contributed by atoms with Crippen LogP contribution in [0, 0.1) is 0 Å². The molecule has 1 atom stereocenters. The Labute approximate surface area is 136 Å². The minimum Gasteiger partial charge on any atom is -0.383 e. The number of carbonyl (C=O) groups is 1. The van der Waals surface area contributed by atoms with Crippen molar-refractivity contribution in [2.24, 2.45) is 0 Å². The third-order valence-corrected chi connectivity index (χ3v) is 4.01. The number of rotatable bonds is 5. The van der Waals surface area contributed by atoms with Crippen molar-refractivity contribution in [2.75, 3.05) is 44.8 Å². The van der Waals surface area contributed by atoms with Crippen molar-refractivity contribution in [1.82, 2.24) is 15.2 Å². The zero-order valence-corrected chi connectivity index (χ0v) is 13.8. The molecule has 0 saturated carbocycles. The number of amides is 2. The molecular weight excluding hydrogens is 304 g/mol. The van der Waals surface area contributed by atoms with Gasteiger partial charge in [-0.3, -0.25) is 0 Å². The minimum atomic E-state index is -0.0207. The largest absolute Gasteiger partial charge is 0.383 e. The number of nitrogens with one attached hydrogen (secondary N) is 1. The second-order valence-electron chi connectivity index (χ2n) is 5.32. The highest BCUT2D eigenvalue weighted by molar-refractivity contribution is 6.30. The van der Waals surface area contributed by atoms with Crippen LogP contribution in [0.25, 0.3) is 0 Å². The molecule has 122 valence electrons. The number of anilines is 1. The second kappa shape index (κ2) is 8.19. The normalized spacial score (nSPS) is 16.5. The van der Waals surface area contributed by atoms with Crippen molar-refractivity contribution < 1.29 is 9.53 Å². The molecule has 1 fully saturated rings. The van der Waals surface area contributed by atoms with Crippen LogP contribution in [-0.4, -0.2) is 61.9 Å². The monoisotopic (exact) mass is 326 g/mol. The first-order chi connectivity index (χ1) is 10.6. The Morgan fingerprint density at radius 3 is 2.68 bits per heavy atom. The Balaban J connectivity index is 1.83. The van der Waals surface area contributed by atoms with Crippen LogP contribution >= 0.6 is 11.6 Å². The molecule has 1 saturated heterocycles. The van der Waals surface area contributed by atoms with E-state index in [-0.39, 0.29) is 12.1 Å². The summed E-state index contributed by atoms with van der Waals surface area (Å²) in [5.74, 6) is 0.898. The fraction of sp³-hybridized carbons (Fsp3) is 0.600. The van der Waals surface area contributed by atoms with E-state index in [9.17, 15) is 4.79 Å². The Bertz CT molecular complexity index is 475. The summed E-state index contributed by atoms with van der Waals surface area (Å²) < 4.78 is 5.11. The van der Waals surface area contributed by atoms with Gasteiger partial charge >= 0.3 is 6.03 Å². The number of urea groups is 1. The number of halogens is 1. The number of hydrogen-bond donors (Lipinski definition) is 1. The molecule has 2 amide bonds. The van der Waals surface area contributed by atoms with Gasteiger partial charge in [0.1, 0.15) is 5.82 Å². The molecule has 1 N–H and O–H groups in total. The number of hydrogen-bond acceptors (Lipinski definition) is 4. The quantitative estimate of drug-likeness (QED) is 0.899. The molecule has 7 heteroatoms. The third-order valence-electron chi connectivity index (χ3n) is 3.79. The topological polar surface area (TPSA) is 57.7 Å². The van der Waals surface area contributed by atoms with Gasteiger partial charge in [0.15, 0.2) is 0 Å². The van der Waals surface area contributed by atoms with Gasteiger partial charge in [-0.2, -0.15) is 0 Å². The lowest BCUT2D eigenvalue weighted by Crippen LogP contribution is -2.54. The van der Waals surface area contributed by atoms with Gasteiger partial charge in [0, 0.05) is 39.5 Å². The van der Waals surface area contributed by atoms with Gasteiger partial charge in [0.25, 0.3) is 0 Å². The van der Waals surface area contributed by atoms with Crippen LogP contribution in [0.4, 0.5) is 10.6 Å². The van der Waals surface area contributed by atoms with E-state index in [0.717, 1.165) is 25.3 Å². The summed E-state index contributed by atoms with van der Waals surface area (Å²) in [4.78, 5) is 20.6. The van der Waals surface area contributed by atoms with Gasteiger partial charge < -0.3 is 19.9 Å². The Kier molecular flexibility index (Phi) is 6.27. The molecule has 0 spiro atoms. The molecule has 1 aliphatic rings. The van der Waals surface area contributed by atoms with Crippen LogP contribution in [0.15, 0.2) is 18.3 Å². The summed E-state index contributed by atoms with van der Waals surface area (Å²) in [5, 5.41) is 3.64. The molecule has 0 aromatic carbocycles. The first-order valence-corrected chi connectivity index (χ1v) is 7.92. The molecule has 1 aliphatic heterocycles. The standard InChI is InChI=1S/C15H23ClN4O2/c1-3-13(11-22-2)18-15(21)20-8-6-19(7-9-20)14-5-4-12(16)10-17-14/h4-5,10,13H,3,6-9,11H2,1-2H3,(H,18,21)/t13-/m0/s1. The highest BCUT2D eigenvalue weighted by atomic mass is 35.5. The van der Waals surface area contributed by atoms with E-state index in [1.165, 1.54) is 0 Å². The molecule has 2 heterocycles. The number of methoxy groups -OCH3 is 1. The van der Waals surface area contributed by atoms with Crippen molar-refractivity contribution in [3.63, 3.8) is 0 Å². The number of carbonyl (C=O) groups excluding carboxylic acids is 1. The molecule has 0 radical (unpaired) electrons. The summed E-state index contributed by atoms with van der Waals surface area (Å²) in [7, 11) is 1.65. The van der Waals surface area contributed by atoms with Crippen molar-refractivity contribution in [2.45, 2.75) is 19.4 Å². The maximum Gasteiger partial charge on any atom is 0.317 e. The Morgan fingerprint density at radius 2 is 2.14 bits per heavy atom. The molecule has 0 bridgehead atoms. The van der Waals surface area contributed by atoms with Crippen LogP contribution in [0.2, 0.25) is 5.02 Å². The summed E-state index contributed by atoms with van der Waals surface area (Å²) in [6, 6.07) is 3.78. The second-order valence-corrected chi connectivity index (χ2v) is 5.76. The van der Waals surface area contributed by atoms with Crippen LogP contribution in [0.1, 0.15) is 13.3 Å². The molecule has 1 aromatic heterocycles. The highest BCUT2D eigenvalue weighted by Gasteiger charge is 2.23. The first-order valence-electron chi connectivity index (χ1n) is 7.55. The average Bonchev–Trinajstić information content (AvgIpc) is 2.55. The summed E-state index contributed by atoms with van der Waals surface area (Å²) in [5.41, 5.74) is 0. The van der Waals surface area contributed by atoms with Crippen LogP contribution in [0.3, 0.4) is 0 Å². The number of nitrogens with zero attached hydrogens (tertiary/aromatic N) is 3. The van der Waals surface area contributed by atoms with E-state index in [0.29, 0.717) is 24.7 Å². The maximum atomic E-state index is 12.2. The predicted molar refractivity (Wildman–Crippen MR) is 87.5 cm³/mol. The fourth-order valence-electron chi connectivity index (χ4n) is 2.42. The molecule has 22 heavy (non-hydrogen) atoms. The third kappa shape index (κ3) is 4.48. The Hall–Kier alpha value is -1.53. The van der Waals surface area contributed by atoms with Gasteiger partial charge in [-0.1, -0.05) is 18.5 Å². The minimum absolute atomic E-state index is 0.0207. The van der Waals surface area contributed by atoms with Crippen LogP contribution in [0.5, 0.6) is 0 Å². The zero-order valence-electron chi connectivity index (χ0n) is 13.1. The summed E-state index contributed by atoms with van der Waals surface area (Å²) >= 11 is 5.85. The van der Waals surface area contributed by atoms with E-state index in [1.807, 2.05) is 24.0 Å². The average molecular weight is 327 g/mol. The number of ether oxygens (including phenoxy) is 1. The Morgan fingerprint density at radius 1 is 1.41 bits per heavy atom. The summed E-state index contributed by atoms with van der Waals surface area (Å²) in [6.07, 6.45) is 2.50. The molecule has 0 unspecified atom stereocenters. The van der Waals surface area contributed by atoms with Gasteiger partial charge in [-0.05, 0) is 18.6 Å². The van der Waals surface area contributed by atoms with Crippen molar-refractivity contribution in [1.29, 1.82) is 0 Å². The fourth-order valence-corrected chi connectivity index (χ4v) is 2.53. The van der Waals surface area contributed by atoms with Crippen LogP contribution < -0.4 is 10.2 Å². The van der Waals surface area contributed by atoms with Crippen molar-refractivity contribution in [3.8, 4) is 0 Å². The first kappa shape index (κ1) is 16.8. The van der Waals surface area contributed by atoms with E-state index < -0.39 is 0 Å². The zero-order chi connectivity index (χ0) is 15.9. The smallest absolute Gasteiger partial charge is 0.317 e. The van der Waals surface area contributed by atoms with Gasteiger partial charge in [-0.25, -0.2) is 9.78 Å². The molecule has 2 rings (SSSR count). The van der Waals surface area contributed by atoms with E-state index in [4.69, 9.17) is 16.3 Å². The van der Waals surface area contributed by atoms with Crippen LogP contribution in [-0.2, 0) is 4.74 Å². The van der Waals surface area contributed by atoms with Crippen molar-refractivity contribution in [3.05, 3.63) is 23.4 Å². The van der Waals surface area contributed by atoms with Gasteiger partial charge in [-0.15, -0.1) is 0 Å². The summed E-state index contributed by atoms with van der Waals surface area (Å²) in [6.45, 7) is 5.47. The van der Waals surface area contributed by atoms with Crippen molar-refractivity contribution >= 4 is 23.4 Å². The molecular formula is C15H23ClN4O2. The molecule has 1 aromatic rings. The van der Waals surface area contributed by atoms with Gasteiger partial charge in [0.05, 0.1) is 17.7 Å². The number of aromatic nitrogens is 1. The maximum absolute atomic E-state index is 12.2. The lowest BCUT2D eigenvalue weighted by molar-refractivity contribution is 0.151. The lowest BCUT2D eigenvalue weighted by atomic mass is 10.2. The number of piperazine rings is 1. The van der Waals surface area contributed by atoms with E-state index in [1.54, 1.807) is 13.3 Å². The van der Waals surface area contributed by atoms with E-state index >= 15 is 0 Å². The molecule has 0 aliphatic carbocycles.